The maximum absolute atomic E-state index is 13.0. The van der Waals surface area contributed by atoms with Crippen molar-refractivity contribution >= 4 is 15.9 Å². The van der Waals surface area contributed by atoms with Crippen LogP contribution < -0.4 is 9.46 Å². The molecule has 0 saturated carbocycles. The van der Waals surface area contributed by atoms with E-state index < -0.39 is 10.0 Å². The van der Waals surface area contributed by atoms with Crippen molar-refractivity contribution in [3.63, 3.8) is 0 Å². The molecule has 4 bridgehead atoms. The molecule has 1 fully saturated rings. The lowest BCUT2D eigenvalue weighted by atomic mass is 10.00. The number of amides is 1. The maximum Gasteiger partial charge on any atom is 0.223 e. The maximum atomic E-state index is 13.0. The third-order valence-electron chi connectivity index (χ3n) is 5.49. The van der Waals surface area contributed by atoms with Crippen LogP contribution in [-0.4, -0.2) is 49.1 Å². The summed E-state index contributed by atoms with van der Waals surface area (Å²) in [7, 11) is -3.37. The number of benzene rings is 1. The van der Waals surface area contributed by atoms with E-state index in [4.69, 9.17) is 4.74 Å². The van der Waals surface area contributed by atoms with Crippen LogP contribution in [0, 0.1) is 6.92 Å². The van der Waals surface area contributed by atoms with E-state index in [1.165, 1.54) is 0 Å². The Bertz CT molecular complexity index is 1040. The minimum Gasteiger partial charge on any atom is -0.439 e. The van der Waals surface area contributed by atoms with Gasteiger partial charge in [-0.05, 0) is 49.9 Å². The largest absolute Gasteiger partial charge is 0.439 e. The Hall–Kier alpha value is -2.45. The Labute approximate surface area is 171 Å². The van der Waals surface area contributed by atoms with Crippen LogP contribution in [0.5, 0.6) is 11.6 Å². The molecule has 7 nitrogen and oxygen atoms in total. The number of nitrogens with zero attached hydrogens (tertiary/aromatic N) is 2. The summed E-state index contributed by atoms with van der Waals surface area (Å²) in [6.45, 7) is 2.48. The lowest BCUT2D eigenvalue weighted by Crippen LogP contribution is -2.47. The van der Waals surface area contributed by atoms with E-state index >= 15 is 0 Å². The van der Waals surface area contributed by atoms with Crippen molar-refractivity contribution in [2.45, 2.75) is 44.7 Å². The number of nitrogens with one attached hydrogen (secondary N) is 1. The molecule has 1 aromatic heterocycles. The first-order valence-corrected chi connectivity index (χ1v) is 11.7. The van der Waals surface area contributed by atoms with E-state index in [0.29, 0.717) is 43.9 Å². The van der Waals surface area contributed by atoms with Crippen molar-refractivity contribution in [2.24, 2.45) is 0 Å². The molecule has 2 aliphatic heterocycles. The molecule has 2 aromatic rings. The van der Waals surface area contributed by atoms with Gasteiger partial charge in [-0.25, -0.2) is 18.1 Å². The van der Waals surface area contributed by atoms with Crippen LogP contribution >= 0.6 is 0 Å². The Morgan fingerprint density at radius 1 is 1.21 bits per heavy atom. The number of hydrogen-bond acceptors (Lipinski definition) is 5. The lowest BCUT2D eigenvalue weighted by Gasteiger charge is -2.28. The highest BCUT2D eigenvalue weighted by Gasteiger charge is 2.38. The van der Waals surface area contributed by atoms with Crippen LogP contribution in [0.1, 0.15) is 29.7 Å². The highest BCUT2D eigenvalue weighted by Crippen LogP contribution is 2.28. The first kappa shape index (κ1) is 19.8. The molecule has 4 rings (SSSR count). The molecule has 3 heterocycles. The van der Waals surface area contributed by atoms with Gasteiger partial charge in [-0.2, -0.15) is 0 Å². The molecule has 0 spiro atoms. The molecule has 1 N–H and O–H groups in total. The van der Waals surface area contributed by atoms with Crippen molar-refractivity contribution in [3.05, 3.63) is 53.2 Å². The molecule has 1 saturated heterocycles. The quantitative estimate of drug-likeness (QED) is 0.812. The highest BCUT2D eigenvalue weighted by atomic mass is 32.2. The molecular weight excluding hydrogens is 390 g/mol. The zero-order valence-corrected chi connectivity index (χ0v) is 17.4. The van der Waals surface area contributed by atoms with E-state index in [2.05, 4.69) is 9.71 Å². The SMILES string of the molecule is Cc1ccc2nc1Oc1cccc(c1)C[C@H]1[C@@H](NS(C)(=O)=O)CCN1C(=O)CC2. The number of pyridine rings is 1. The number of fused-ring (bicyclic) bond motifs is 5. The van der Waals surface area contributed by atoms with Gasteiger partial charge in [-0.15, -0.1) is 0 Å². The summed E-state index contributed by atoms with van der Waals surface area (Å²) in [6.07, 6.45) is 3.16. The van der Waals surface area contributed by atoms with Gasteiger partial charge in [-0.1, -0.05) is 18.2 Å². The van der Waals surface area contributed by atoms with Gasteiger partial charge in [0.05, 0.1) is 12.3 Å². The van der Waals surface area contributed by atoms with Crippen molar-refractivity contribution in [3.8, 4) is 11.6 Å². The second-order valence-corrected chi connectivity index (χ2v) is 9.60. The van der Waals surface area contributed by atoms with E-state index in [1.807, 2.05) is 48.2 Å². The fourth-order valence-corrected chi connectivity index (χ4v) is 4.91. The van der Waals surface area contributed by atoms with Crippen LogP contribution in [0.2, 0.25) is 0 Å². The van der Waals surface area contributed by atoms with Crippen LogP contribution in [0.3, 0.4) is 0 Å². The topological polar surface area (TPSA) is 88.6 Å². The number of carbonyl (C=O) groups excluding carboxylic acids is 1. The molecule has 0 aliphatic carbocycles. The molecule has 0 radical (unpaired) electrons. The predicted molar refractivity (Wildman–Crippen MR) is 109 cm³/mol. The average Bonchev–Trinajstić information content (AvgIpc) is 3.02. The minimum absolute atomic E-state index is 0.0213. The number of hydrogen-bond donors (Lipinski definition) is 1. The summed E-state index contributed by atoms with van der Waals surface area (Å²) in [6, 6.07) is 11.0. The van der Waals surface area contributed by atoms with Crippen molar-refractivity contribution < 1.29 is 17.9 Å². The third-order valence-corrected chi connectivity index (χ3v) is 6.22. The van der Waals surface area contributed by atoms with Gasteiger partial charge in [0.2, 0.25) is 21.8 Å². The van der Waals surface area contributed by atoms with Crippen LogP contribution in [0.4, 0.5) is 0 Å². The van der Waals surface area contributed by atoms with Crippen molar-refractivity contribution in [1.29, 1.82) is 0 Å². The normalized spacial score (nSPS) is 22.1. The molecule has 1 aromatic carbocycles. The van der Waals surface area contributed by atoms with Crippen LogP contribution in [-0.2, 0) is 27.7 Å². The second-order valence-electron chi connectivity index (χ2n) is 7.82. The predicted octanol–water partition coefficient (Wildman–Crippen LogP) is 2.19. The summed E-state index contributed by atoms with van der Waals surface area (Å²) in [5, 5.41) is 0. The zero-order valence-electron chi connectivity index (χ0n) is 16.6. The van der Waals surface area contributed by atoms with Gasteiger partial charge < -0.3 is 9.64 Å². The van der Waals surface area contributed by atoms with Crippen LogP contribution in [0.25, 0.3) is 0 Å². The standard InChI is InChI=1S/C21H25N3O4S/c1-14-6-7-16-8-9-20(25)24-11-10-18(23-29(2,26)27)19(24)13-15-4-3-5-17(12-15)28-21(14)22-16/h3-7,12,18-19,23H,8-11,13H2,1-2H3/t18-,19-/m0/s1. The van der Waals surface area contributed by atoms with Gasteiger partial charge >= 0.3 is 0 Å². The smallest absolute Gasteiger partial charge is 0.223 e. The van der Waals surface area contributed by atoms with Crippen molar-refractivity contribution in [1.82, 2.24) is 14.6 Å². The molecular formula is C21H25N3O4S. The number of aryl methyl sites for hydroxylation is 2. The second kappa shape index (κ2) is 7.76. The molecule has 2 aliphatic rings. The Balaban J connectivity index is 1.72. The fraction of sp³-hybridized carbons (Fsp3) is 0.429. The molecule has 0 unspecified atom stereocenters. The summed E-state index contributed by atoms with van der Waals surface area (Å²) in [5.41, 5.74) is 2.72. The first-order chi connectivity index (χ1) is 13.8. The summed E-state index contributed by atoms with van der Waals surface area (Å²) in [4.78, 5) is 19.4. The molecule has 29 heavy (non-hydrogen) atoms. The third kappa shape index (κ3) is 4.59. The number of aromatic nitrogens is 1. The lowest BCUT2D eigenvalue weighted by molar-refractivity contribution is -0.132. The van der Waals surface area contributed by atoms with E-state index in [-0.39, 0.29) is 18.0 Å². The fourth-order valence-electron chi connectivity index (χ4n) is 4.09. The summed E-state index contributed by atoms with van der Waals surface area (Å²) < 4.78 is 32.4. The molecule has 8 heteroatoms. The Morgan fingerprint density at radius 3 is 2.83 bits per heavy atom. The molecule has 2 atom stereocenters. The van der Waals surface area contributed by atoms with Gasteiger partial charge in [0.1, 0.15) is 5.75 Å². The first-order valence-electron chi connectivity index (χ1n) is 9.78. The van der Waals surface area contributed by atoms with Gasteiger partial charge in [0.25, 0.3) is 0 Å². The number of sulfonamides is 1. The van der Waals surface area contributed by atoms with Gasteiger partial charge in [0.15, 0.2) is 0 Å². The van der Waals surface area contributed by atoms with Gasteiger partial charge in [0, 0.05) is 30.3 Å². The Kier molecular flexibility index (Phi) is 5.31. The molecule has 1 amide bonds. The number of carbonyl (C=O) groups is 1. The van der Waals surface area contributed by atoms with E-state index in [1.54, 1.807) is 0 Å². The number of rotatable bonds is 2. The average molecular weight is 416 g/mol. The molecule has 154 valence electrons. The van der Waals surface area contributed by atoms with E-state index in [0.717, 1.165) is 23.1 Å². The van der Waals surface area contributed by atoms with E-state index in [9.17, 15) is 13.2 Å². The highest BCUT2D eigenvalue weighted by molar-refractivity contribution is 7.88. The Morgan fingerprint density at radius 2 is 2.03 bits per heavy atom. The van der Waals surface area contributed by atoms with Crippen molar-refractivity contribution in [2.75, 3.05) is 12.8 Å². The minimum atomic E-state index is -3.37. The van der Waals surface area contributed by atoms with Gasteiger partial charge in [-0.3, -0.25) is 4.79 Å². The summed E-state index contributed by atoms with van der Waals surface area (Å²) >= 11 is 0. The zero-order chi connectivity index (χ0) is 20.6. The van der Waals surface area contributed by atoms with Crippen LogP contribution in [0.15, 0.2) is 36.4 Å². The monoisotopic (exact) mass is 415 g/mol. The summed E-state index contributed by atoms with van der Waals surface area (Å²) in [5.74, 6) is 1.24. The number of ether oxygens (including phenoxy) is 1.